The third kappa shape index (κ3) is 2.69. The van der Waals surface area contributed by atoms with E-state index in [4.69, 9.17) is 5.73 Å². The summed E-state index contributed by atoms with van der Waals surface area (Å²) in [6, 6.07) is 6.70. The maximum atomic E-state index is 12.9. The van der Waals surface area contributed by atoms with E-state index in [1.54, 1.807) is 24.3 Å². The van der Waals surface area contributed by atoms with Crippen LogP contribution in [0, 0.1) is 0 Å². The Morgan fingerprint density at radius 3 is 2.63 bits per heavy atom. The molecule has 0 saturated heterocycles. The molecule has 1 aromatic carbocycles. The van der Waals surface area contributed by atoms with E-state index in [1.165, 1.54) is 6.20 Å². The highest BCUT2D eigenvalue weighted by Crippen LogP contribution is 2.30. The summed E-state index contributed by atoms with van der Waals surface area (Å²) in [5, 5.41) is 2.79. The van der Waals surface area contributed by atoms with Crippen molar-refractivity contribution in [3.05, 3.63) is 30.5 Å². The molecule has 0 atom stereocenters. The van der Waals surface area contributed by atoms with Gasteiger partial charge in [0.25, 0.3) is 0 Å². The van der Waals surface area contributed by atoms with Crippen LogP contribution in [0.4, 0.5) is 28.9 Å². The predicted octanol–water partition coefficient (Wildman–Crippen LogP) is 3.13. The quantitative estimate of drug-likeness (QED) is 0.841. The van der Waals surface area contributed by atoms with Crippen LogP contribution < -0.4 is 11.1 Å². The minimum absolute atomic E-state index is 0.128. The summed E-state index contributed by atoms with van der Waals surface area (Å²) >= 11 is 0. The Labute approximate surface area is 106 Å². The first-order chi connectivity index (χ1) is 8.92. The molecule has 3 nitrogen and oxygen atoms in total. The third-order valence-corrected chi connectivity index (χ3v) is 2.62. The van der Waals surface area contributed by atoms with Crippen molar-refractivity contribution in [2.24, 2.45) is 0 Å². The number of halogens is 4. The summed E-state index contributed by atoms with van der Waals surface area (Å²) in [5.41, 5.74) is 6.49. The van der Waals surface area contributed by atoms with E-state index < -0.39 is 18.9 Å². The molecular formula is C12H11F4N3. The molecule has 1 heterocycles. The first-order valence-electron chi connectivity index (χ1n) is 5.45. The fourth-order valence-corrected chi connectivity index (χ4v) is 1.64. The van der Waals surface area contributed by atoms with Crippen molar-refractivity contribution in [3.8, 4) is 0 Å². The molecule has 0 aliphatic rings. The van der Waals surface area contributed by atoms with Crippen LogP contribution in [0.3, 0.4) is 0 Å². The van der Waals surface area contributed by atoms with Gasteiger partial charge in [-0.2, -0.15) is 8.78 Å². The second kappa shape index (κ2) is 4.91. The fraction of sp³-hybridized carbons (Fsp3) is 0.250. The van der Waals surface area contributed by atoms with Crippen LogP contribution in [0.25, 0.3) is 10.9 Å². The van der Waals surface area contributed by atoms with Crippen LogP contribution in [0.15, 0.2) is 30.5 Å². The number of hydrogen-bond donors (Lipinski definition) is 2. The number of anilines is 2. The van der Waals surface area contributed by atoms with Gasteiger partial charge in [-0.25, -0.2) is 8.78 Å². The van der Waals surface area contributed by atoms with E-state index >= 15 is 0 Å². The molecule has 0 fully saturated rings. The average Bonchev–Trinajstić information content (AvgIpc) is 2.37. The van der Waals surface area contributed by atoms with Gasteiger partial charge in [-0.3, -0.25) is 4.98 Å². The minimum atomic E-state index is -4.11. The van der Waals surface area contributed by atoms with Gasteiger partial charge in [-0.15, -0.1) is 0 Å². The number of nitrogens with one attached hydrogen (secondary N) is 1. The van der Waals surface area contributed by atoms with Gasteiger partial charge in [0.15, 0.2) is 0 Å². The van der Waals surface area contributed by atoms with Gasteiger partial charge in [0, 0.05) is 5.39 Å². The normalized spacial score (nSPS) is 12.1. The highest BCUT2D eigenvalue weighted by molar-refractivity contribution is 5.96. The molecule has 3 N–H and O–H groups in total. The maximum absolute atomic E-state index is 12.9. The lowest BCUT2D eigenvalue weighted by molar-refractivity contribution is -0.117. The number of para-hydroxylation sites is 1. The second-order valence-corrected chi connectivity index (χ2v) is 4.02. The van der Waals surface area contributed by atoms with Crippen LogP contribution >= 0.6 is 0 Å². The van der Waals surface area contributed by atoms with Crippen molar-refractivity contribution in [2.45, 2.75) is 12.3 Å². The van der Waals surface area contributed by atoms with Gasteiger partial charge in [0.1, 0.15) is 0 Å². The zero-order valence-electron chi connectivity index (χ0n) is 9.71. The molecule has 102 valence electrons. The molecule has 0 amide bonds. The van der Waals surface area contributed by atoms with Crippen molar-refractivity contribution < 1.29 is 17.6 Å². The lowest BCUT2D eigenvalue weighted by atomic mass is 10.1. The van der Waals surface area contributed by atoms with Crippen molar-refractivity contribution >= 4 is 22.3 Å². The number of nitrogens with zero attached hydrogens (tertiary/aromatic N) is 1. The predicted molar refractivity (Wildman–Crippen MR) is 65.6 cm³/mol. The Hall–Kier alpha value is -2.05. The monoisotopic (exact) mass is 273 g/mol. The molecule has 7 heteroatoms. The largest absolute Gasteiger partial charge is 0.396 e. The summed E-state index contributed by atoms with van der Waals surface area (Å²) in [7, 11) is 0. The molecule has 0 spiro atoms. The second-order valence-electron chi connectivity index (χ2n) is 4.02. The van der Waals surface area contributed by atoms with E-state index in [1.807, 2.05) is 0 Å². The Morgan fingerprint density at radius 1 is 1.26 bits per heavy atom. The van der Waals surface area contributed by atoms with Crippen LogP contribution in [-0.2, 0) is 0 Å². The van der Waals surface area contributed by atoms with Crippen molar-refractivity contribution in [1.82, 2.24) is 4.98 Å². The van der Waals surface area contributed by atoms with E-state index in [0.717, 1.165) is 0 Å². The first kappa shape index (κ1) is 13.4. The number of alkyl halides is 4. The van der Waals surface area contributed by atoms with Crippen LogP contribution in [-0.4, -0.2) is 23.9 Å². The zero-order valence-corrected chi connectivity index (χ0v) is 9.71. The van der Waals surface area contributed by atoms with Crippen LogP contribution in [0.1, 0.15) is 0 Å². The topological polar surface area (TPSA) is 50.9 Å². The summed E-state index contributed by atoms with van der Waals surface area (Å²) in [5.74, 6) is -4.11. The fourth-order valence-electron chi connectivity index (χ4n) is 1.64. The van der Waals surface area contributed by atoms with Gasteiger partial charge in [-0.05, 0) is 6.07 Å². The van der Waals surface area contributed by atoms with E-state index in [2.05, 4.69) is 10.3 Å². The maximum Gasteiger partial charge on any atom is 0.324 e. The van der Waals surface area contributed by atoms with Crippen molar-refractivity contribution in [3.63, 3.8) is 0 Å². The van der Waals surface area contributed by atoms with E-state index in [0.29, 0.717) is 10.9 Å². The van der Waals surface area contributed by atoms with Crippen LogP contribution in [0.2, 0.25) is 0 Å². The molecule has 0 bridgehead atoms. The number of aromatic nitrogens is 1. The Morgan fingerprint density at radius 2 is 1.95 bits per heavy atom. The number of nitrogen functional groups attached to an aromatic ring is 1. The lowest BCUT2D eigenvalue weighted by Gasteiger charge is -2.18. The van der Waals surface area contributed by atoms with Gasteiger partial charge in [0.2, 0.25) is 0 Å². The molecule has 1 aromatic heterocycles. The molecule has 0 aliphatic heterocycles. The summed E-state index contributed by atoms with van der Waals surface area (Å²) in [6.45, 7) is -1.19. The Balaban J connectivity index is 2.32. The molecule has 0 radical (unpaired) electrons. The summed E-state index contributed by atoms with van der Waals surface area (Å²) in [6.07, 6.45) is -2.43. The van der Waals surface area contributed by atoms with Gasteiger partial charge in [0.05, 0.1) is 29.6 Å². The van der Waals surface area contributed by atoms with Gasteiger partial charge < -0.3 is 11.1 Å². The SMILES string of the molecule is Nc1cnc2ccccc2c1NCC(F)(F)C(F)F. The van der Waals surface area contributed by atoms with Crippen LogP contribution in [0.5, 0.6) is 0 Å². The number of rotatable bonds is 4. The first-order valence-corrected chi connectivity index (χ1v) is 5.45. The average molecular weight is 273 g/mol. The standard InChI is InChI=1S/C12H11F4N3/c13-11(14)12(15,16)6-19-10-7-3-1-2-4-9(7)18-5-8(10)17/h1-5,11H,6,17H2,(H,18,19). The molecule has 0 saturated carbocycles. The number of pyridine rings is 1. The van der Waals surface area contributed by atoms with E-state index in [-0.39, 0.29) is 11.4 Å². The highest BCUT2D eigenvalue weighted by Gasteiger charge is 2.40. The lowest BCUT2D eigenvalue weighted by Crippen LogP contribution is -2.35. The van der Waals surface area contributed by atoms with Gasteiger partial charge in [-0.1, -0.05) is 18.2 Å². The number of nitrogens with two attached hydrogens (primary N) is 1. The van der Waals surface area contributed by atoms with Gasteiger partial charge >= 0.3 is 12.3 Å². The van der Waals surface area contributed by atoms with E-state index in [9.17, 15) is 17.6 Å². The number of hydrogen-bond acceptors (Lipinski definition) is 3. The molecule has 2 aromatic rings. The number of fused-ring (bicyclic) bond motifs is 1. The van der Waals surface area contributed by atoms with Crippen molar-refractivity contribution in [1.29, 1.82) is 0 Å². The third-order valence-electron chi connectivity index (χ3n) is 2.62. The molecule has 19 heavy (non-hydrogen) atoms. The zero-order chi connectivity index (χ0) is 14.0. The molecular weight excluding hydrogens is 262 g/mol. The minimum Gasteiger partial charge on any atom is -0.396 e. The summed E-state index contributed by atoms with van der Waals surface area (Å²) in [4.78, 5) is 4.02. The summed E-state index contributed by atoms with van der Waals surface area (Å²) < 4.78 is 50.0. The molecule has 0 unspecified atom stereocenters. The van der Waals surface area contributed by atoms with Crippen molar-refractivity contribution in [2.75, 3.05) is 17.6 Å². The Bertz CT molecular complexity index is 586. The molecule has 0 aliphatic carbocycles. The number of benzene rings is 1. The highest BCUT2D eigenvalue weighted by atomic mass is 19.3. The molecule has 2 rings (SSSR count). The Kier molecular flexibility index (Phi) is 3.46. The smallest absolute Gasteiger partial charge is 0.324 e.